The number of likely N-dealkylation sites (N-methyl/N-ethyl adjacent to an activating group) is 1. The van der Waals surface area contributed by atoms with Gasteiger partial charge in [-0.2, -0.15) is 5.26 Å². The van der Waals surface area contributed by atoms with E-state index in [0.29, 0.717) is 30.6 Å². The van der Waals surface area contributed by atoms with E-state index in [-0.39, 0.29) is 24.5 Å². The molecule has 0 radical (unpaired) electrons. The molecule has 0 aliphatic rings. The second-order valence-corrected chi connectivity index (χ2v) is 5.87. The van der Waals surface area contributed by atoms with E-state index >= 15 is 0 Å². The van der Waals surface area contributed by atoms with Crippen molar-refractivity contribution < 1.29 is 23.8 Å². The summed E-state index contributed by atoms with van der Waals surface area (Å²) in [6.07, 6.45) is 0.227. The summed E-state index contributed by atoms with van der Waals surface area (Å²) in [5.41, 5.74) is 0.265. The highest BCUT2D eigenvalue weighted by Gasteiger charge is 2.16. The Morgan fingerprint density at radius 1 is 1.28 bits per heavy atom. The molecule has 0 atom stereocenters. The standard InChI is InChI=1S/C18H24N2O5/c1-13(2)11-24-15-7-6-14(10-16(15)23-4)18(22)25-12-17(21)20(3)9-5-8-19/h6-7,10,13H,5,9,11-12H2,1-4H3. The number of amides is 1. The molecule has 1 amide bonds. The molecule has 0 N–H and O–H groups in total. The van der Waals surface area contributed by atoms with E-state index in [2.05, 4.69) is 0 Å². The van der Waals surface area contributed by atoms with Gasteiger partial charge in [-0.3, -0.25) is 4.79 Å². The monoisotopic (exact) mass is 348 g/mol. The number of nitrogens with zero attached hydrogens (tertiary/aromatic N) is 2. The van der Waals surface area contributed by atoms with Crippen LogP contribution in [0, 0.1) is 17.2 Å². The fourth-order valence-electron chi connectivity index (χ4n) is 1.83. The first-order valence-corrected chi connectivity index (χ1v) is 7.97. The van der Waals surface area contributed by atoms with E-state index in [0.717, 1.165) is 0 Å². The van der Waals surface area contributed by atoms with Crippen molar-refractivity contribution in [3.8, 4) is 17.6 Å². The minimum atomic E-state index is -0.629. The Hall–Kier alpha value is -2.75. The Morgan fingerprint density at radius 2 is 2.00 bits per heavy atom. The largest absolute Gasteiger partial charge is 0.493 e. The molecule has 1 aromatic carbocycles. The zero-order chi connectivity index (χ0) is 18.8. The third-order valence-corrected chi connectivity index (χ3v) is 3.28. The average molecular weight is 348 g/mol. The lowest BCUT2D eigenvalue weighted by molar-refractivity contribution is -0.133. The molecule has 136 valence electrons. The lowest BCUT2D eigenvalue weighted by Gasteiger charge is -2.16. The third kappa shape index (κ3) is 6.71. The van der Waals surface area contributed by atoms with Gasteiger partial charge in [0, 0.05) is 13.6 Å². The second kappa shape index (κ2) is 10.2. The molecule has 0 saturated carbocycles. The molecule has 0 spiro atoms. The number of nitriles is 1. The number of carbonyl (C=O) groups is 2. The SMILES string of the molecule is COc1cc(C(=O)OCC(=O)N(C)CCC#N)ccc1OCC(C)C. The second-order valence-electron chi connectivity index (χ2n) is 5.87. The molecule has 0 bridgehead atoms. The van der Waals surface area contributed by atoms with Crippen LogP contribution in [0.15, 0.2) is 18.2 Å². The van der Waals surface area contributed by atoms with Gasteiger partial charge in [-0.25, -0.2) is 4.79 Å². The number of rotatable bonds is 9. The predicted octanol–water partition coefficient (Wildman–Crippen LogP) is 2.26. The molecule has 0 aliphatic carbocycles. The molecule has 1 rings (SSSR count). The maximum absolute atomic E-state index is 12.1. The first-order chi connectivity index (χ1) is 11.9. The minimum Gasteiger partial charge on any atom is -0.493 e. The van der Waals surface area contributed by atoms with E-state index in [4.69, 9.17) is 19.5 Å². The summed E-state index contributed by atoms with van der Waals surface area (Å²) in [5, 5.41) is 8.51. The summed E-state index contributed by atoms with van der Waals surface area (Å²) in [7, 11) is 3.04. The van der Waals surface area contributed by atoms with Crippen LogP contribution in [0.3, 0.4) is 0 Å². The summed E-state index contributed by atoms with van der Waals surface area (Å²) in [5.74, 6) is 0.328. The number of carbonyl (C=O) groups excluding carboxylic acids is 2. The van der Waals surface area contributed by atoms with Gasteiger partial charge in [0.2, 0.25) is 0 Å². The van der Waals surface area contributed by atoms with Crippen molar-refractivity contribution in [3.63, 3.8) is 0 Å². The Kier molecular flexibility index (Phi) is 8.27. The summed E-state index contributed by atoms with van der Waals surface area (Å²) < 4.78 is 15.9. The number of methoxy groups -OCH3 is 1. The van der Waals surface area contributed by atoms with Crippen LogP contribution in [0.25, 0.3) is 0 Å². The van der Waals surface area contributed by atoms with E-state index in [9.17, 15) is 9.59 Å². The van der Waals surface area contributed by atoms with Crippen LogP contribution in [-0.4, -0.2) is 50.7 Å². The van der Waals surface area contributed by atoms with Crippen molar-refractivity contribution in [3.05, 3.63) is 23.8 Å². The Labute approximate surface area is 148 Å². The lowest BCUT2D eigenvalue weighted by Crippen LogP contribution is -2.31. The number of hydrogen-bond acceptors (Lipinski definition) is 6. The van der Waals surface area contributed by atoms with Crippen LogP contribution >= 0.6 is 0 Å². The molecule has 1 aromatic rings. The van der Waals surface area contributed by atoms with Crippen LogP contribution in [0.2, 0.25) is 0 Å². The smallest absolute Gasteiger partial charge is 0.338 e. The summed E-state index contributed by atoms with van der Waals surface area (Å²) >= 11 is 0. The maximum Gasteiger partial charge on any atom is 0.338 e. The first-order valence-electron chi connectivity index (χ1n) is 7.97. The van der Waals surface area contributed by atoms with Crippen molar-refractivity contribution in [1.82, 2.24) is 4.90 Å². The molecule has 25 heavy (non-hydrogen) atoms. The Bertz CT molecular complexity index is 637. The normalized spacial score (nSPS) is 10.1. The quantitative estimate of drug-likeness (QED) is 0.636. The van der Waals surface area contributed by atoms with Gasteiger partial charge < -0.3 is 19.1 Å². The third-order valence-electron chi connectivity index (χ3n) is 3.28. The van der Waals surface area contributed by atoms with Crippen molar-refractivity contribution in [2.45, 2.75) is 20.3 Å². The molecular weight excluding hydrogens is 324 g/mol. The van der Waals surface area contributed by atoms with Crippen LogP contribution in [0.5, 0.6) is 11.5 Å². The average Bonchev–Trinajstić information content (AvgIpc) is 2.61. The Morgan fingerprint density at radius 3 is 2.60 bits per heavy atom. The van der Waals surface area contributed by atoms with E-state index in [1.54, 1.807) is 19.2 Å². The minimum absolute atomic E-state index is 0.227. The zero-order valence-electron chi connectivity index (χ0n) is 15.1. The molecular formula is C18H24N2O5. The van der Waals surface area contributed by atoms with Gasteiger partial charge in [-0.15, -0.1) is 0 Å². The van der Waals surface area contributed by atoms with E-state index < -0.39 is 5.97 Å². The molecule has 0 fully saturated rings. The van der Waals surface area contributed by atoms with Crippen LogP contribution < -0.4 is 9.47 Å². The first kappa shape index (κ1) is 20.3. The highest BCUT2D eigenvalue weighted by atomic mass is 16.5. The van der Waals surface area contributed by atoms with Crippen LogP contribution in [0.1, 0.15) is 30.6 Å². The maximum atomic E-state index is 12.1. The number of hydrogen-bond donors (Lipinski definition) is 0. The van der Waals surface area contributed by atoms with E-state index in [1.807, 2.05) is 19.9 Å². The van der Waals surface area contributed by atoms with Crippen LogP contribution in [0.4, 0.5) is 0 Å². The van der Waals surface area contributed by atoms with Gasteiger partial charge in [0.25, 0.3) is 5.91 Å². The van der Waals surface area contributed by atoms with Gasteiger partial charge >= 0.3 is 5.97 Å². The zero-order valence-corrected chi connectivity index (χ0v) is 15.1. The van der Waals surface area contributed by atoms with E-state index in [1.165, 1.54) is 18.1 Å². The molecule has 0 heterocycles. The Balaban J connectivity index is 2.66. The lowest BCUT2D eigenvalue weighted by atomic mass is 10.2. The summed E-state index contributed by atoms with van der Waals surface area (Å²) in [4.78, 5) is 25.2. The number of esters is 1. The molecule has 7 heteroatoms. The predicted molar refractivity (Wildman–Crippen MR) is 91.5 cm³/mol. The van der Waals surface area contributed by atoms with Gasteiger partial charge in [0.1, 0.15) is 0 Å². The summed E-state index contributed by atoms with van der Waals surface area (Å²) in [6, 6.07) is 6.67. The fraction of sp³-hybridized carbons (Fsp3) is 0.500. The van der Waals surface area contributed by atoms with Crippen molar-refractivity contribution in [2.75, 3.05) is 33.9 Å². The molecule has 0 aromatic heterocycles. The van der Waals surface area contributed by atoms with Gasteiger partial charge in [0.15, 0.2) is 18.1 Å². The molecule has 7 nitrogen and oxygen atoms in total. The topological polar surface area (TPSA) is 88.9 Å². The number of benzene rings is 1. The summed E-state index contributed by atoms with van der Waals surface area (Å²) in [6.45, 7) is 4.51. The van der Waals surface area contributed by atoms with Crippen molar-refractivity contribution in [2.24, 2.45) is 5.92 Å². The number of ether oxygens (including phenoxy) is 3. The molecule has 0 saturated heterocycles. The van der Waals surface area contributed by atoms with Gasteiger partial charge in [-0.05, 0) is 24.1 Å². The van der Waals surface area contributed by atoms with Crippen molar-refractivity contribution >= 4 is 11.9 Å². The highest BCUT2D eigenvalue weighted by Crippen LogP contribution is 2.28. The van der Waals surface area contributed by atoms with Gasteiger partial charge in [0.05, 0.1) is 31.8 Å². The molecule has 0 aliphatic heterocycles. The van der Waals surface area contributed by atoms with Crippen LogP contribution in [-0.2, 0) is 9.53 Å². The van der Waals surface area contributed by atoms with Crippen molar-refractivity contribution in [1.29, 1.82) is 5.26 Å². The highest BCUT2D eigenvalue weighted by molar-refractivity contribution is 5.92. The van der Waals surface area contributed by atoms with Gasteiger partial charge in [-0.1, -0.05) is 13.8 Å². The molecule has 0 unspecified atom stereocenters. The fourth-order valence-corrected chi connectivity index (χ4v) is 1.83.